The molecule has 0 saturated carbocycles. The molecule has 0 fully saturated rings. The molecular formula is C23H27Cl3N2O2S. The minimum absolute atomic E-state index is 0.0122. The van der Waals surface area contributed by atoms with Crippen molar-refractivity contribution in [1.82, 2.24) is 10.2 Å². The molecule has 0 heterocycles. The second kappa shape index (κ2) is 12.6. The molecule has 1 N–H and O–H groups in total. The van der Waals surface area contributed by atoms with Gasteiger partial charge < -0.3 is 10.2 Å². The lowest BCUT2D eigenvalue weighted by atomic mass is 10.1. The second-order valence-electron chi connectivity index (χ2n) is 7.50. The molecule has 31 heavy (non-hydrogen) atoms. The Bertz CT molecular complexity index is 891. The summed E-state index contributed by atoms with van der Waals surface area (Å²) in [5.41, 5.74) is 0.749. The number of nitrogens with one attached hydrogen (secondary N) is 1. The van der Waals surface area contributed by atoms with Gasteiger partial charge in [-0.2, -0.15) is 0 Å². The molecule has 0 saturated heterocycles. The van der Waals surface area contributed by atoms with Gasteiger partial charge in [-0.25, -0.2) is 0 Å². The van der Waals surface area contributed by atoms with Crippen molar-refractivity contribution < 1.29 is 9.59 Å². The molecule has 168 valence electrons. The van der Waals surface area contributed by atoms with E-state index in [-0.39, 0.29) is 24.4 Å². The standard InChI is InChI=1S/C23H27Cl3N2O2S/c1-15(2)27-23(30)16(3)28(14-17-6-7-19(25)13-21(17)26)22(29)5-4-12-31-20-10-8-18(24)9-11-20/h6-11,13,15-16H,4-5,12,14H2,1-3H3,(H,27,30)/t16-/m1/s1. The van der Waals surface area contributed by atoms with Gasteiger partial charge in [0.15, 0.2) is 0 Å². The van der Waals surface area contributed by atoms with Crippen molar-refractivity contribution in [3.63, 3.8) is 0 Å². The molecule has 8 heteroatoms. The molecular weight excluding hydrogens is 475 g/mol. The Balaban J connectivity index is 2.04. The molecule has 2 rings (SSSR count). The summed E-state index contributed by atoms with van der Waals surface area (Å²) in [6, 6.07) is 12.1. The topological polar surface area (TPSA) is 49.4 Å². The Morgan fingerprint density at radius 2 is 1.65 bits per heavy atom. The molecule has 0 radical (unpaired) electrons. The van der Waals surface area contributed by atoms with Crippen LogP contribution in [0.5, 0.6) is 0 Å². The molecule has 1 atom stereocenters. The number of rotatable bonds is 10. The maximum Gasteiger partial charge on any atom is 0.242 e. The fourth-order valence-corrected chi connectivity index (χ4v) is 4.36. The summed E-state index contributed by atoms with van der Waals surface area (Å²) >= 11 is 19.9. The summed E-state index contributed by atoms with van der Waals surface area (Å²) in [6.07, 6.45) is 1.03. The van der Waals surface area contributed by atoms with E-state index in [2.05, 4.69) is 5.32 Å². The monoisotopic (exact) mass is 500 g/mol. The first-order valence-corrected chi connectivity index (χ1v) is 12.2. The Morgan fingerprint density at radius 1 is 1.00 bits per heavy atom. The number of benzene rings is 2. The highest BCUT2D eigenvalue weighted by Gasteiger charge is 2.26. The molecule has 0 aliphatic carbocycles. The van der Waals surface area contributed by atoms with Gasteiger partial charge in [0.1, 0.15) is 6.04 Å². The highest BCUT2D eigenvalue weighted by atomic mass is 35.5. The fraction of sp³-hybridized carbons (Fsp3) is 0.391. The number of nitrogens with zero attached hydrogens (tertiary/aromatic N) is 1. The SMILES string of the molecule is CC(C)NC(=O)[C@@H](C)N(Cc1ccc(Cl)cc1Cl)C(=O)CCCSc1ccc(Cl)cc1. The molecule has 2 amide bonds. The zero-order chi connectivity index (χ0) is 23.0. The van der Waals surface area contributed by atoms with Gasteiger partial charge in [-0.05, 0) is 74.9 Å². The molecule has 2 aromatic carbocycles. The molecule has 0 aliphatic heterocycles. The highest BCUT2D eigenvalue weighted by Crippen LogP contribution is 2.25. The molecule has 0 unspecified atom stereocenters. The zero-order valence-electron chi connectivity index (χ0n) is 17.8. The maximum absolute atomic E-state index is 13.1. The minimum atomic E-state index is -0.620. The van der Waals surface area contributed by atoms with E-state index in [1.165, 1.54) is 0 Å². The first-order valence-electron chi connectivity index (χ1n) is 10.1. The third-order valence-corrected chi connectivity index (χ3v) is 6.51. The molecule has 0 aliphatic rings. The normalized spacial score (nSPS) is 12.0. The number of halogens is 3. The van der Waals surface area contributed by atoms with Crippen molar-refractivity contribution in [1.29, 1.82) is 0 Å². The van der Waals surface area contributed by atoms with Crippen LogP contribution < -0.4 is 5.32 Å². The van der Waals surface area contributed by atoms with Crippen molar-refractivity contribution >= 4 is 58.4 Å². The Kier molecular flexibility index (Phi) is 10.5. The number of thioether (sulfide) groups is 1. The van der Waals surface area contributed by atoms with E-state index in [1.807, 2.05) is 38.1 Å². The average Bonchev–Trinajstić information content (AvgIpc) is 2.71. The van der Waals surface area contributed by atoms with Crippen LogP contribution in [0, 0.1) is 0 Å². The number of carbonyl (C=O) groups is 2. The van der Waals surface area contributed by atoms with Gasteiger partial charge in [0.25, 0.3) is 0 Å². The summed E-state index contributed by atoms with van der Waals surface area (Å²) in [5.74, 6) is 0.508. The van der Waals surface area contributed by atoms with Crippen LogP contribution in [-0.4, -0.2) is 34.6 Å². The lowest BCUT2D eigenvalue weighted by Crippen LogP contribution is -2.49. The van der Waals surface area contributed by atoms with Gasteiger partial charge in [-0.1, -0.05) is 40.9 Å². The Morgan fingerprint density at radius 3 is 2.26 bits per heavy atom. The van der Waals surface area contributed by atoms with Crippen molar-refractivity contribution in [2.75, 3.05) is 5.75 Å². The Hall–Kier alpha value is -1.40. The van der Waals surface area contributed by atoms with E-state index < -0.39 is 6.04 Å². The predicted octanol–water partition coefficient (Wildman–Crippen LogP) is 6.46. The van der Waals surface area contributed by atoms with Gasteiger partial charge in [0.05, 0.1) is 0 Å². The summed E-state index contributed by atoms with van der Waals surface area (Å²) < 4.78 is 0. The quantitative estimate of drug-likeness (QED) is 0.300. The first kappa shape index (κ1) is 25.9. The lowest BCUT2D eigenvalue weighted by Gasteiger charge is -2.29. The second-order valence-corrected chi connectivity index (χ2v) is 9.95. The molecule has 0 spiro atoms. The van der Waals surface area contributed by atoms with E-state index in [1.54, 1.807) is 41.8 Å². The van der Waals surface area contributed by atoms with E-state index in [0.29, 0.717) is 27.9 Å². The lowest BCUT2D eigenvalue weighted by molar-refractivity contribution is -0.140. The first-order chi connectivity index (χ1) is 14.7. The van der Waals surface area contributed by atoms with Gasteiger partial charge >= 0.3 is 0 Å². The summed E-state index contributed by atoms with van der Waals surface area (Å²) in [6.45, 7) is 5.76. The largest absolute Gasteiger partial charge is 0.352 e. The van der Waals surface area contributed by atoms with Crippen molar-refractivity contribution in [2.45, 2.75) is 57.1 Å². The van der Waals surface area contributed by atoms with Gasteiger partial charge in [0.2, 0.25) is 11.8 Å². The minimum Gasteiger partial charge on any atom is -0.352 e. The van der Waals surface area contributed by atoms with Crippen LogP contribution in [0.1, 0.15) is 39.2 Å². The van der Waals surface area contributed by atoms with Crippen LogP contribution in [-0.2, 0) is 16.1 Å². The molecule has 0 bridgehead atoms. The number of hydrogen-bond donors (Lipinski definition) is 1. The van der Waals surface area contributed by atoms with Gasteiger partial charge in [-0.15, -0.1) is 11.8 Å². The van der Waals surface area contributed by atoms with Crippen LogP contribution in [0.3, 0.4) is 0 Å². The number of amides is 2. The van der Waals surface area contributed by atoms with Crippen LogP contribution in [0.15, 0.2) is 47.4 Å². The number of hydrogen-bond acceptors (Lipinski definition) is 3. The summed E-state index contributed by atoms with van der Waals surface area (Å²) in [7, 11) is 0. The van der Waals surface area contributed by atoms with E-state index in [0.717, 1.165) is 16.2 Å². The summed E-state index contributed by atoms with van der Waals surface area (Å²) in [4.78, 5) is 28.3. The average molecular weight is 502 g/mol. The van der Waals surface area contributed by atoms with Gasteiger partial charge in [-0.3, -0.25) is 9.59 Å². The zero-order valence-corrected chi connectivity index (χ0v) is 20.9. The smallest absolute Gasteiger partial charge is 0.242 e. The summed E-state index contributed by atoms with van der Waals surface area (Å²) in [5, 5.41) is 4.57. The predicted molar refractivity (Wildman–Crippen MR) is 131 cm³/mol. The van der Waals surface area contributed by atoms with Crippen molar-refractivity contribution in [2.24, 2.45) is 0 Å². The van der Waals surface area contributed by atoms with Crippen molar-refractivity contribution in [3.8, 4) is 0 Å². The van der Waals surface area contributed by atoms with Crippen molar-refractivity contribution in [3.05, 3.63) is 63.1 Å². The highest BCUT2D eigenvalue weighted by molar-refractivity contribution is 7.99. The van der Waals surface area contributed by atoms with E-state index in [4.69, 9.17) is 34.8 Å². The third-order valence-electron chi connectivity index (χ3n) is 4.57. The number of carbonyl (C=O) groups excluding carboxylic acids is 2. The van der Waals surface area contributed by atoms with Crippen LogP contribution in [0.25, 0.3) is 0 Å². The van der Waals surface area contributed by atoms with Gasteiger partial charge in [0, 0.05) is 39.0 Å². The molecule has 0 aromatic heterocycles. The Labute approximate surface area is 203 Å². The van der Waals surface area contributed by atoms with Crippen LogP contribution >= 0.6 is 46.6 Å². The van der Waals surface area contributed by atoms with E-state index in [9.17, 15) is 9.59 Å². The van der Waals surface area contributed by atoms with E-state index >= 15 is 0 Å². The van der Waals surface area contributed by atoms with Crippen LogP contribution in [0.4, 0.5) is 0 Å². The fourth-order valence-electron chi connectivity index (χ4n) is 2.91. The maximum atomic E-state index is 13.1. The van der Waals surface area contributed by atoms with Crippen LogP contribution in [0.2, 0.25) is 15.1 Å². The molecule has 2 aromatic rings. The molecule has 4 nitrogen and oxygen atoms in total. The third kappa shape index (κ3) is 8.57.